The Morgan fingerprint density at radius 2 is 1.61 bits per heavy atom. The molecule has 0 bridgehead atoms. The van der Waals surface area contributed by atoms with Crippen molar-refractivity contribution in [2.45, 2.75) is 11.1 Å². The Balaban J connectivity index is 1.77. The number of carbonyl (C=O) groups is 1. The lowest BCUT2D eigenvalue weighted by atomic mass is 10.1. The average Bonchev–Trinajstić information content (AvgIpc) is 2.68. The summed E-state index contributed by atoms with van der Waals surface area (Å²) in [4.78, 5) is 12.3. The second kappa shape index (κ2) is 7.90. The molecule has 0 spiro atoms. The summed E-state index contributed by atoms with van der Waals surface area (Å²) in [5.74, 6) is -0.934. The van der Waals surface area contributed by atoms with Gasteiger partial charge in [0.2, 0.25) is 10.0 Å². The molecule has 0 radical (unpaired) electrons. The van der Waals surface area contributed by atoms with Crippen molar-refractivity contribution < 1.29 is 31.1 Å². The molecule has 1 saturated heterocycles. The zero-order chi connectivity index (χ0) is 20.4. The minimum absolute atomic E-state index is 0.0306. The highest BCUT2D eigenvalue weighted by molar-refractivity contribution is 7.89. The summed E-state index contributed by atoms with van der Waals surface area (Å²) in [5.41, 5.74) is -1.37. The fraction of sp³-hybridized carbons (Fsp3) is 0.278. The average molecular weight is 414 g/mol. The molecule has 1 heterocycles. The van der Waals surface area contributed by atoms with E-state index in [1.165, 1.54) is 40.7 Å². The minimum atomic E-state index is -4.66. The Hall–Kier alpha value is -2.43. The molecule has 2 aromatic rings. The molecule has 1 amide bonds. The van der Waals surface area contributed by atoms with Crippen LogP contribution in [0.25, 0.3) is 0 Å². The molecule has 6 nitrogen and oxygen atoms in total. The van der Waals surface area contributed by atoms with Gasteiger partial charge in [-0.1, -0.05) is 12.1 Å². The van der Waals surface area contributed by atoms with Crippen molar-refractivity contribution in [2.75, 3.05) is 31.6 Å². The van der Waals surface area contributed by atoms with Gasteiger partial charge in [-0.15, -0.1) is 0 Å². The van der Waals surface area contributed by atoms with Crippen molar-refractivity contribution in [2.24, 2.45) is 0 Å². The van der Waals surface area contributed by atoms with E-state index in [1.54, 1.807) is 0 Å². The van der Waals surface area contributed by atoms with E-state index in [-0.39, 0.29) is 23.7 Å². The van der Waals surface area contributed by atoms with Gasteiger partial charge in [0.15, 0.2) is 0 Å². The smallest absolute Gasteiger partial charge is 0.379 e. The lowest BCUT2D eigenvalue weighted by molar-refractivity contribution is -0.137. The Kier molecular flexibility index (Phi) is 5.73. The van der Waals surface area contributed by atoms with E-state index < -0.39 is 33.2 Å². The van der Waals surface area contributed by atoms with Crippen LogP contribution in [0, 0.1) is 0 Å². The van der Waals surface area contributed by atoms with Crippen LogP contribution in [0.1, 0.15) is 15.9 Å². The molecule has 1 N–H and O–H groups in total. The third-order valence-electron chi connectivity index (χ3n) is 4.20. The molecular weight excluding hydrogens is 397 g/mol. The van der Waals surface area contributed by atoms with E-state index in [2.05, 4.69) is 5.32 Å². The van der Waals surface area contributed by atoms with Gasteiger partial charge in [-0.25, -0.2) is 8.42 Å². The van der Waals surface area contributed by atoms with Gasteiger partial charge in [0, 0.05) is 18.8 Å². The molecule has 0 aromatic heterocycles. The molecule has 2 aromatic carbocycles. The molecule has 1 fully saturated rings. The highest BCUT2D eigenvalue weighted by Gasteiger charge is 2.35. The number of benzene rings is 2. The van der Waals surface area contributed by atoms with Crippen LogP contribution in [0.2, 0.25) is 0 Å². The maximum absolute atomic E-state index is 13.0. The van der Waals surface area contributed by atoms with Gasteiger partial charge in [0.05, 0.1) is 29.2 Å². The van der Waals surface area contributed by atoms with E-state index in [9.17, 15) is 26.4 Å². The lowest BCUT2D eigenvalue weighted by Crippen LogP contribution is -2.40. The van der Waals surface area contributed by atoms with E-state index in [0.29, 0.717) is 13.2 Å². The van der Waals surface area contributed by atoms with Gasteiger partial charge in [0.1, 0.15) is 0 Å². The third-order valence-corrected chi connectivity index (χ3v) is 6.11. The number of nitrogens with zero attached hydrogens (tertiary/aromatic N) is 1. The fourth-order valence-electron chi connectivity index (χ4n) is 2.77. The van der Waals surface area contributed by atoms with Gasteiger partial charge in [-0.2, -0.15) is 17.5 Å². The number of carbonyl (C=O) groups excluding carboxylic acids is 1. The van der Waals surface area contributed by atoms with Crippen LogP contribution in [-0.2, 0) is 20.9 Å². The van der Waals surface area contributed by atoms with Crippen molar-refractivity contribution in [1.29, 1.82) is 0 Å². The molecule has 0 aliphatic carbocycles. The Morgan fingerprint density at radius 3 is 2.21 bits per heavy atom. The Morgan fingerprint density at radius 1 is 1.00 bits per heavy atom. The first-order valence-electron chi connectivity index (χ1n) is 8.35. The van der Waals surface area contributed by atoms with Crippen molar-refractivity contribution in [1.82, 2.24) is 4.31 Å². The number of nitrogens with one attached hydrogen (secondary N) is 1. The van der Waals surface area contributed by atoms with Gasteiger partial charge < -0.3 is 10.1 Å². The summed E-state index contributed by atoms with van der Waals surface area (Å²) >= 11 is 0. The lowest BCUT2D eigenvalue weighted by Gasteiger charge is -2.26. The molecule has 10 heteroatoms. The summed E-state index contributed by atoms with van der Waals surface area (Å²) in [6.07, 6.45) is -4.66. The van der Waals surface area contributed by atoms with Crippen LogP contribution < -0.4 is 5.32 Å². The summed E-state index contributed by atoms with van der Waals surface area (Å²) in [6.45, 7) is 1.11. The first-order chi connectivity index (χ1) is 13.2. The molecule has 1 aliphatic rings. The van der Waals surface area contributed by atoms with E-state index in [0.717, 1.165) is 12.1 Å². The van der Waals surface area contributed by atoms with E-state index in [1.807, 2.05) is 0 Å². The standard InChI is InChI=1S/C18H17F3N2O4S/c19-18(20,21)16-4-2-1-3-15(16)17(24)22-13-5-7-14(8-6-13)28(25,26)23-9-11-27-12-10-23/h1-8H,9-12H2,(H,22,24). The number of ether oxygens (including phenoxy) is 1. The van der Waals surface area contributed by atoms with Crippen LogP contribution in [0.15, 0.2) is 53.4 Å². The summed E-state index contributed by atoms with van der Waals surface area (Å²) in [5, 5.41) is 2.36. The minimum Gasteiger partial charge on any atom is -0.379 e. The van der Waals surface area contributed by atoms with E-state index >= 15 is 0 Å². The normalized spacial score (nSPS) is 16.0. The number of anilines is 1. The Bertz CT molecular complexity index is 954. The van der Waals surface area contributed by atoms with Gasteiger partial charge in [-0.05, 0) is 36.4 Å². The largest absolute Gasteiger partial charge is 0.417 e. The number of amides is 1. The maximum atomic E-state index is 13.0. The molecule has 0 atom stereocenters. The number of morpholine rings is 1. The first kappa shape index (κ1) is 20.3. The molecule has 3 rings (SSSR count). The molecule has 0 saturated carbocycles. The molecule has 150 valence electrons. The molecule has 1 aliphatic heterocycles. The van der Waals surface area contributed by atoms with Gasteiger partial charge in [-0.3, -0.25) is 4.79 Å². The van der Waals surface area contributed by atoms with E-state index in [4.69, 9.17) is 4.74 Å². The van der Waals surface area contributed by atoms with Crippen molar-refractivity contribution in [3.63, 3.8) is 0 Å². The van der Waals surface area contributed by atoms with Gasteiger partial charge in [0.25, 0.3) is 5.91 Å². The van der Waals surface area contributed by atoms with Gasteiger partial charge >= 0.3 is 6.18 Å². The molecule has 0 unspecified atom stereocenters. The zero-order valence-corrected chi connectivity index (χ0v) is 15.4. The monoisotopic (exact) mass is 414 g/mol. The predicted molar refractivity (Wildman–Crippen MR) is 95.4 cm³/mol. The first-order valence-corrected chi connectivity index (χ1v) is 9.79. The molecular formula is C18H17F3N2O4S. The number of alkyl halides is 3. The summed E-state index contributed by atoms with van der Waals surface area (Å²) in [7, 11) is -3.69. The van der Waals surface area contributed by atoms with Crippen LogP contribution >= 0.6 is 0 Å². The Labute approximate surface area is 160 Å². The number of rotatable bonds is 4. The predicted octanol–water partition coefficient (Wildman–Crippen LogP) is 2.98. The van der Waals surface area contributed by atoms with Crippen LogP contribution in [0.3, 0.4) is 0 Å². The third kappa shape index (κ3) is 4.34. The summed E-state index contributed by atoms with van der Waals surface area (Å²) in [6, 6.07) is 9.71. The maximum Gasteiger partial charge on any atom is 0.417 e. The van der Waals surface area contributed by atoms with Crippen molar-refractivity contribution >= 4 is 21.6 Å². The SMILES string of the molecule is O=C(Nc1ccc(S(=O)(=O)N2CCOCC2)cc1)c1ccccc1C(F)(F)F. The van der Waals surface area contributed by atoms with Crippen LogP contribution in [-0.4, -0.2) is 44.9 Å². The highest BCUT2D eigenvalue weighted by Crippen LogP contribution is 2.32. The number of hydrogen-bond donors (Lipinski definition) is 1. The van der Waals surface area contributed by atoms with Crippen LogP contribution in [0.5, 0.6) is 0 Å². The number of sulfonamides is 1. The highest BCUT2D eigenvalue weighted by atomic mass is 32.2. The second-order valence-corrected chi connectivity index (χ2v) is 7.98. The fourth-order valence-corrected chi connectivity index (χ4v) is 4.18. The number of halogens is 3. The topological polar surface area (TPSA) is 75.7 Å². The van der Waals surface area contributed by atoms with Crippen molar-refractivity contribution in [3.8, 4) is 0 Å². The second-order valence-electron chi connectivity index (χ2n) is 6.04. The van der Waals surface area contributed by atoms with Crippen LogP contribution in [0.4, 0.5) is 18.9 Å². The number of hydrogen-bond acceptors (Lipinski definition) is 4. The molecule has 28 heavy (non-hydrogen) atoms. The van der Waals surface area contributed by atoms with Crippen molar-refractivity contribution in [3.05, 3.63) is 59.7 Å². The summed E-state index contributed by atoms with van der Waals surface area (Å²) < 4.78 is 70.7. The quantitative estimate of drug-likeness (QED) is 0.835. The zero-order valence-electron chi connectivity index (χ0n) is 14.6.